The summed E-state index contributed by atoms with van der Waals surface area (Å²) in [6.45, 7) is 0.896. The van der Waals surface area contributed by atoms with Crippen LogP contribution in [0.4, 0.5) is 0 Å². The summed E-state index contributed by atoms with van der Waals surface area (Å²) >= 11 is 0. The number of aliphatic hydroxyl groups is 1. The molecule has 2 aromatic carbocycles. The van der Waals surface area contributed by atoms with Crippen molar-refractivity contribution in [3.05, 3.63) is 59.2 Å². The lowest BCUT2D eigenvalue weighted by molar-refractivity contribution is -0.140. The molecule has 1 saturated heterocycles. The molecular formula is C24H28N2O6. The largest absolute Gasteiger partial charge is 0.507 e. The van der Waals surface area contributed by atoms with E-state index in [9.17, 15) is 14.7 Å². The molecule has 8 heteroatoms. The van der Waals surface area contributed by atoms with Gasteiger partial charge in [0, 0.05) is 18.7 Å². The smallest absolute Gasteiger partial charge is 0.295 e. The average molecular weight is 440 g/mol. The molecule has 170 valence electrons. The molecule has 1 aliphatic heterocycles. The summed E-state index contributed by atoms with van der Waals surface area (Å²) < 4.78 is 15.8. The van der Waals surface area contributed by atoms with Gasteiger partial charge in [-0.2, -0.15) is 0 Å². The van der Waals surface area contributed by atoms with E-state index in [1.54, 1.807) is 49.6 Å². The van der Waals surface area contributed by atoms with Gasteiger partial charge < -0.3 is 29.1 Å². The first kappa shape index (κ1) is 23.1. The molecule has 32 heavy (non-hydrogen) atoms. The van der Waals surface area contributed by atoms with Crippen LogP contribution in [-0.4, -0.2) is 75.1 Å². The van der Waals surface area contributed by atoms with Crippen molar-refractivity contribution < 1.29 is 28.9 Å². The van der Waals surface area contributed by atoms with Crippen LogP contribution < -0.4 is 14.2 Å². The Bertz CT molecular complexity index is 1030. The van der Waals surface area contributed by atoms with Gasteiger partial charge in [0.05, 0.1) is 32.9 Å². The number of carbonyl (C=O) groups excluding carboxylic acids is 2. The van der Waals surface area contributed by atoms with E-state index in [0.717, 1.165) is 0 Å². The van der Waals surface area contributed by atoms with Crippen molar-refractivity contribution in [2.75, 3.05) is 48.5 Å². The average Bonchev–Trinajstić information content (AvgIpc) is 3.06. The molecular weight excluding hydrogens is 412 g/mol. The highest BCUT2D eigenvalue weighted by atomic mass is 16.5. The first-order valence-electron chi connectivity index (χ1n) is 10.1. The van der Waals surface area contributed by atoms with Gasteiger partial charge >= 0.3 is 0 Å². The number of aliphatic hydroxyl groups excluding tert-OH is 1. The van der Waals surface area contributed by atoms with Crippen molar-refractivity contribution in [2.45, 2.75) is 6.04 Å². The van der Waals surface area contributed by atoms with Crippen molar-refractivity contribution in [3.63, 3.8) is 0 Å². The van der Waals surface area contributed by atoms with Crippen LogP contribution in [0, 0.1) is 0 Å². The van der Waals surface area contributed by atoms with Crippen LogP contribution in [0.2, 0.25) is 0 Å². The van der Waals surface area contributed by atoms with E-state index in [2.05, 4.69) is 0 Å². The Balaban J connectivity index is 2.15. The van der Waals surface area contributed by atoms with Gasteiger partial charge in [0.1, 0.15) is 11.5 Å². The zero-order chi connectivity index (χ0) is 23.4. The van der Waals surface area contributed by atoms with E-state index in [1.165, 1.54) is 19.1 Å². The SMILES string of the molecule is COc1ccc([C@H]2/C(=C(\O)c3ccc(OC)c(OC)c3)C(=O)C(=O)N2CCN(C)C)cc1. The molecule has 0 spiro atoms. The van der Waals surface area contributed by atoms with Gasteiger partial charge in [0.15, 0.2) is 11.5 Å². The zero-order valence-electron chi connectivity index (χ0n) is 18.9. The quantitative estimate of drug-likeness (QED) is 0.384. The molecule has 1 N–H and O–H groups in total. The molecule has 1 atom stereocenters. The number of Topliss-reactive ketones (excluding diaryl/α,β-unsaturated/α-hetero) is 1. The highest BCUT2D eigenvalue weighted by Crippen LogP contribution is 2.40. The lowest BCUT2D eigenvalue weighted by Gasteiger charge is -2.26. The van der Waals surface area contributed by atoms with Gasteiger partial charge in [-0.05, 0) is 50.0 Å². The second kappa shape index (κ2) is 9.74. The zero-order valence-corrected chi connectivity index (χ0v) is 18.9. The summed E-state index contributed by atoms with van der Waals surface area (Å²) in [5, 5.41) is 11.2. The number of nitrogens with zero attached hydrogens (tertiary/aromatic N) is 2. The lowest BCUT2D eigenvalue weighted by Crippen LogP contribution is -2.35. The third kappa shape index (κ3) is 4.40. The molecule has 0 saturated carbocycles. The van der Waals surface area contributed by atoms with Crippen LogP contribution in [-0.2, 0) is 9.59 Å². The van der Waals surface area contributed by atoms with Crippen LogP contribution in [0.1, 0.15) is 17.2 Å². The third-order valence-electron chi connectivity index (χ3n) is 5.42. The molecule has 1 aliphatic rings. The number of likely N-dealkylation sites (tertiary alicyclic amines) is 1. The van der Waals surface area contributed by atoms with Crippen molar-refractivity contribution in [1.29, 1.82) is 0 Å². The fourth-order valence-electron chi connectivity index (χ4n) is 3.69. The van der Waals surface area contributed by atoms with Crippen molar-refractivity contribution in [2.24, 2.45) is 0 Å². The molecule has 0 radical (unpaired) electrons. The maximum absolute atomic E-state index is 13.1. The standard InChI is InChI=1S/C24H28N2O6/c1-25(2)12-13-26-21(15-6-9-17(30-3)10-7-15)20(23(28)24(26)29)22(27)16-8-11-18(31-4)19(14-16)32-5/h6-11,14,21,27H,12-13H2,1-5H3/b22-20+/t21-/m0/s1. The maximum atomic E-state index is 13.1. The predicted molar refractivity (Wildman–Crippen MR) is 120 cm³/mol. The first-order chi connectivity index (χ1) is 15.3. The summed E-state index contributed by atoms with van der Waals surface area (Å²) in [6, 6.07) is 11.2. The minimum atomic E-state index is -0.728. The van der Waals surface area contributed by atoms with E-state index in [-0.39, 0.29) is 11.3 Å². The summed E-state index contributed by atoms with van der Waals surface area (Å²) in [7, 11) is 8.34. The molecule has 3 rings (SSSR count). The number of amides is 1. The molecule has 0 unspecified atom stereocenters. The first-order valence-corrected chi connectivity index (χ1v) is 10.1. The molecule has 0 aromatic heterocycles. The van der Waals surface area contributed by atoms with Gasteiger partial charge in [0.25, 0.3) is 11.7 Å². The number of ketones is 1. The van der Waals surface area contributed by atoms with Gasteiger partial charge in [0.2, 0.25) is 0 Å². The topological polar surface area (TPSA) is 88.5 Å². The lowest BCUT2D eigenvalue weighted by atomic mass is 9.95. The molecule has 1 fully saturated rings. The third-order valence-corrected chi connectivity index (χ3v) is 5.42. The number of benzene rings is 2. The second-order valence-electron chi connectivity index (χ2n) is 7.64. The van der Waals surface area contributed by atoms with Gasteiger partial charge in [-0.3, -0.25) is 9.59 Å². The highest BCUT2D eigenvalue weighted by molar-refractivity contribution is 6.46. The summed E-state index contributed by atoms with van der Waals surface area (Å²) in [4.78, 5) is 29.4. The monoisotopic (exact) mass is 440 g/mol. The van der Waals surface area contributed by atoms with E-state index in [0.29, 0.717) is 41.5 Å². The predicted octanol–water partition coefficient (Wildman–Crippen LogP) is 2.70. The fourth-order valence-corrected chi connectivity index (χ4v) is 3.69. The number of hydrogen-bond acceptors (Lipinski definition) is 7. The maximum Gasteiger partial charge on any atom is 0.295 e. The van der Waals surface area contributed by atoms with Crippen molar-refractivity contribution in [3.8, 4) is 17.2 Å². The normalized spacial score (nSPS) is 17.7. The Morgan fingerprint density at radius 1 is 0.969 bits per heavy atom. The van der Waals surface area contributed by atoms with E-state index in [1.807, 2.05) is 19.0 Å². The minimum absolute atomic E-state index is 0.0335. The minimum Gasteiger partial charge on any atom is -0.507 e. The van der Waals surface area contributed by atoms with Crippen LogP contribution in [0.3, 0.4) is 0 Å². The Kier molecular flexibility index (Phi) is 7.05. The number of methoxy groups -OCH3 is 3. The number of rotatable bonds is 8. The molecule has 0 aliphatic carbocycles. The number of ether oxygens (including phenoxy) is 3. The summed E-state index contributed by atoms with van der Waals surface area (Å²) in [5.41, 5.74) is 1.09. The van der Waals surface area contributed by atoms with Gasteiger partial charge in [-0.25, -0.2) is 0 Å². The Morgan fingerprint density at radius 3 is 2.19 bits per heavy atom. The van der Waals surface area contributed by atoms with E-state index in [4.69, 9.17) is 14.2 Å². The fraction of sp³-hybridized carbons (Fsp3) is 0.333. The van der Waals surface area contributed by atoms with E-state index >= 15 is 0 Å². The van der Waals surface area contributed by atoms with Gasteiger partial charge in [-0.15, -0.1) is 0 Å². The van der Waals surface area contributed by atoms with Crippen LogP contribution in [0.5, 0.6) is 17.2 Å². The van der Waals surface area contributed by atoms with Crippen molar-refractivity contribution >= 4 is 17.4 Å². The van der Waals surface area contributed by atoms with Crippen molar-refractivity contribution in [1.82, 2.24) is 9.80 Å². The molecule has 8 nitrogen and oxygen atoms in total. The van der Waals surface area contributed by atoms with Crippen LogP contribution in [0.25, 0.3) is 5.76 Å². The van der Waals surface area contributed by atoms with Crippen LogP contribution in [0.15, 0.2) is 48.0 Å². The molecule has 1 amide bonds. The second-order valence-corrected chi connectivity index (χ2v) is 7.64. The number of carbonyl (C=O) groups is 2. The number of hydrogen-bond donors (Lipinski definition) is 1. The Labute approximate surface area is 187 Å². The Hall–Kier alpha value is -3.52. The molecule has 2 aromatic rings. The highest BCUT2D eigenvalue weighted by Gasteiger charge is 2.45. The Morgan fingerprint density at radius 2 is 1.62 bits per heavy atom. The summed E-state index contributed by atoms with van der Waals surface area (Å²) in [6.07, 6.45) is 0. The molecule has 1 heterocycles. The van der Waals surface area contributed by atoms with Gasteiger partial charge in [-0.1, -0.05) is 12.1 Å². The van der Waals surface area contributed by atoms with E-state index < -0.39 is 17.7 Å². The summed E-state index contributed by atoms with van der Waals surface area (Å²) in [5.74, 6) is -0.0931. The molecule has 0 bridgehead atoms. The number of likely N-dealkylation sites (N-methyl/N-ethyl adjacent to an activating group) is 1. The van der Waals surface area contributed by atoms with Crippen LogP contribution >= 0.6 is 0 Å².